The van der Waals surface area contributed by atoms with Gasteiger partial charge in [-0.15, -0.1) is 0 Å². The molecule has 0 unspecified atom stereocenters. The zero-order valence-corrected chi connectivity index (χ0v) is 7.74. The Bertz CT molecular complexity index is 255. The monoisotopic (exact) mass is 169 g/mol. The Kier molecular flexibility index (Phi) is 2.70. The molecule has 12 heavy (non-hydrogen) atoms. The zero-order valence-electron chi connectivity index (χ0n) is 7.74. The molecule has 1 heterocycles. The smallest absolute Gasteiger partial charge is 0.142 e. The van der Waals surface area contributed by atoms with Gasteiger partial charge >= 0.3 is 0 Å². The van der Waals surface area contributed by atoms with E-state index in [9.17, 15) is 0 Å². The highest BCUT2D eigenvalue weighted by Gasteiger charge is 2.07. The number of imidazole rings is 1. The number of nitrogens with zero attached hydrogens (tertiary/aromatic N) is 2. The number of ether oxygens (including phenoxy) is 1. The summed E-state index contributed by atoms with van der Waals surface area (Å²) in [5.41, 5.74) is 5.56. The lowest BCUT2D eigenvalue weighted by molar-refractivity contribution is 0.173. The molecule has 2 N–H and O–H groups in total. The van der Waals surface area contributed by atoms with Crippen LogP contribution in [0.4, 0.5) is 5.82 Å². The van der Waals surface area contributed by atoms with Gasteiger partial charge in [0.25, 0.3) is 0 Å². The van der Waals surface area contributed by atoms with E-state index < -0.39 is 0 Å². The van der Waals surface area contributed by atoms with Crippen molar-refractivity contribution >= 4 is 5.82 Å². The van der Waals surface area contributed by atoms with Gasteiger partial charge in [-0.05, 0) is 13.8 Å². The van der Waals surface area contributed by atoms with Crippen LogP contribution in [0.25, 0.3) is 0 Å². The van der Waals surface area contributed by atoms with Crippen molar-refractivity contribution in [3.8, 4) is 0 Å². The molecular formula is C8H15N3O. The van der Waals surface area contributed by atoms with Gasteiger partial charge in [0, 0.05) is 19.3 Å². The second kappa shape index (κ2) is 3.58. The summed E-state index contributed by atoms with van der Waals surface area (Å²) >= 11 is 0. The molecule has 0 amide bonds. The predicted molar refractivity (Wildman–Crippen MR) is 47.7 cm³/mol. The second-order valence-corrected chi connectivity index (χ2v) is 3.02. The fourth-order valence-electron chi connectivity index (χ4n) is 1.14. The van der Waals surface area contributed by atoms with Crippen molar-refractivity contribution in [2.45, 2.75) is 26.5 Å². The zero-order chi connectivity index (χ0) is 9.14. The standard InChI is InChI=1S/C8H15N3O/c1-6(2)11-4-7(9)10-8(11)5-12-3/h4,6H,5,9H2,1-3H3. The molecule has 0 aliphatic carbocycles. The maximum absolute atomic E-state index is 5.56. The van der Waals surface area contributed by atoms with Gasteiger partial charge in [0.1, 0.15) is 18.2 Å². The highest BCUT2D eigenvalue weighted by Crippen LogP contribution is 2.12. The third-order valence-corrected chi connectivity index (χ3v) is 1.66. The van der Waals surface area contributed by atoms with Crippen LogP contribution in [0.5, 0.6) is 0 Å². The Morgan fingerprint density at radius 3 is 2.83 bits per heavy atom. The number of methoxy groups -OCH3 is 1. The molecule has 0 atom stereocenters. The largest absolute Gasteiger partial charge is 0.382 e. The summed E-state index contributed by atoms with van der Waals surface area (Å²) < 4.78 is 7.01. The lowest BCUT2D eigenvalue weighted by atomic mass is 10.4. The molecule has 0 aliphatic rings. The SMILES string of the molecule is COCc1nc(N)cn1C(C)C. The molecule has 0 spiro atoms. The number of anilines is 1. The average molecular weight is 169 g/mol. The molecule has 0 saturated carbocycles. The summed E-state index contributed by atoms with van der Waals surface area (Å²) in [6, 6.07) is 0.375. The lowest BCUT2D eigenvalue weighted by Crippen LogP contribution is -2.05. The van der Waals surface area contributed by atoms with Gasteiger partial charge in [0.05, 0.1) is 0 Å². The first-order valence-electron chi connectivity index (χ1n) is 3.97. The number of aromatic nitrogens is 2. The third kappa shape index (κ3) is 1.76. The summed E-state index contributed by atoms with van der Waals surface area (Å²) in [6.45, 7) is 4.68. The minimum absolute atomic E-state index is 0.375. The highest BCUT2D eigenvalue weighted by molar-refractivity contribution is 5.26. The van der Waals surface area contributed by atoms with E-state index in [-0.39, 0.29) is 0 Å². The normalized spacial score (nSPS) is 11.0. The number of nitrogen functional groups attached to an aromatic ring is 1. The summed E-state index contributed by atoms with van der Waals surface area (Å²) in [5.74, 6) is 1.43. The first-order valence-corrected chi connectivity index (χ1v) is 3.97. The van der Waals surface area contributed by atoms with Crippen LogP contribution in [0.2, 0.25) is 0 Å². The summed E-state index contributed by atoms with van der Waals surface area (Å²) in [5, 5.41) is 0. The van der Waals surface area contributed by atoms with Gasteiger partial charge in [-0.25, -0.2) is 4.98 Å². The average Bonchev–Trinajstić information content (AvgIpc) is 2.32. The van der Waals surface area contributed by atoms with E-state index in [4.69, 9.17) is 10.5 Å². The van der Waals surface area contributed by atoms with E-state index in [1.54, 1.807) is 7.11 Å². The quantitative estimate of drug-likeness (QED) is 0.739. The molecule has 0 radical (unpaired) electrons. The summed E-state index contributed by atoms with van der Waals surface area (Å²) in [4.78, 5) is 4.14. The van der Waals surface area contributed by atoms with Crippen LogP contribution in [-0.2, 0) is 11.3 Å². The van der Waals surface area contributed by atoms with Gasteiger partial charge in [0.15, 0.2) is 0 Å². The van der Waals surface area contributed by atoms with Crippen LogP contribution in [0.3, 0.4) is 0 Å². The van der Waals surface area contributed by atoms with Gasteiger partial charge in [0.2, 0.25) is 0 Å². The predicted octanol–water partition coefficient (Wildman–Crippen LogP) is 1.19. The van der Waals surface area contributed by atoms with Crippen LogP contribution < -0.4 is 5.73 Å². The number of hydrogen-bond acceptors (Lipinski definition) is 3. The fourth-order valence-corrected chi connectivity index (χ4v) is 1.14. The van der Waals surface area contributed by atoms with Gasteiger partial charge in [-0.1, -0.05) is 0 Å². The Morgan fingerprint density at radius 2 is 2.33 bits per heavy atom. The van der Waals surface area contributed by atoms with E-state index in [2.05, 4.69) is 18.8 Å². The van der Waals surface area contributed by atoms with Crippen molar-refractivity contribution in [3.05, 3.63) is 12.0 Å². The molecule has 0 fully saturated rings. The minimum atomic E-state index is 0.375. The first-order chi connectivity index (χ1) is 5.65. The molecule has 4 nitrogen and oxygen atoms in total. The molecule has 1 aromatic rings. The molecule has 0 bridgehead atoms. The molecule has 0 saturated heterocycles. The van der Waals surface area contributed by atoms with E-state index in [0.29, 0.717) is 18.5 Å². The lowest BCUT2D eigenvalue weighted by Gasteiger charge is -2.09. The van der Waals surface area contributed by atoms with Crippen molar-refractivity contribution in [2.24, 2.45) is 0 Å². The molecule has 0 aromatic carbocycles. The fraction of sp³-hybridized carbons (Fsp3) is 0.625. The van der Waals surface area contributed by atoms with Crippen LogP contribution in [-0.4, -0.2) is 16.7 Å². The van der Waals surface area contributed by atoms with Crippen LogP contribution in [0.1, 0.15) is 25.7 Å². The maximum atomic E-state index is 5.56. The molecule has 68 valence electrons. The Labute approximate surface area is 72.3 Å². The number of nitrogens with two attached hydrogens (primary N) is 1. The van der Waals surface area contributed by atoms with Crippen LogP contribution >= 0.6 is 0 Å². The van der Waals surface area contributed by atoms with Crippen molar-refractivity contribution in [3.63, 3.8) is 0 Å². The van der Waals surface area contributed by atoms with Gasteiger partial charge < -0.3 is 15.0 Å². The highest BCUT2D eigenvalue weighted by atomic mass is 16.5. The Balaban J connectivity index is 2.92. The topological polar surface area (TPSA) is 53.1 Å². The van der Waals surface area contributed by atoms with Gasteiger partial charge in [-0.3, -0.25) is 0 Å². The van der Waals surface area contributed by atoms with Crippen LogP contribution in [0.15, 0.2) is 6.20 Å². The molecule has 4 heteroatoms. The first kappa shape index (κ1) is 9.06. The van der Waals surface area contributed by atoms with Crippen molar-refractivity contribution in [2.75, 3.05) is 12.8 Å². The minimum Gasteiger partial charge on any atom is -0.382 e. The molecular weight excluding hydrogens is 154 g/mol. The molecule has 0 aliphatic heterocycles. The van der Waals surface area contributed by atoms with E-state index in [0.717, 1.165) is 5.82 Å². The molecule has 1 rings (SSSR count). The van der Waals surface area contributed by atoms with E-state index >= 15 is 0 Å². The van der Waals surface area contributed by atoms with Crippen LogP contribution in [0, 0.1) is 0 Å². The van der Waals surface area contributed by atoms with E-state index in [1.807, 2.05) is 10.8 Å². The summed E-state index contributed by atoms with van der Waals surface area (Å²) in [7, 11) is 1.65. The van der Waals surface area contributed by atoms with Crippen molar-refractivity contribution < 1.29 is 4.74 Å². The van der Waals surface area contributed by atoms with Gasteiger partial charge in [-0.2, -0.15) is 0 Å². The Hall–Kier alpha value is -1.03. The third-order valence-electron chi connectivity index (χ3n) is 1.66. The number of rotatable bonds is 3. The Morgan fingerprint density at radius 1 is 1.67 bits per heavy atom. The van der Waals surface area contributed by atoms with Crippen molar-refractivity contribution in [1.29, 1.82) is 0 Å². The van der Waals surface area contributed by atoms with E-state index in [1.165, 1.54) is 0 Å². The number of hydrogen-bond donors (Lipinski definition) is 1. The maximum Gasteiger partial charge on any atom is 0.142 e. The van der Waals surface area contributed by atoms with Crippen molar-refractivity contribution in [1.82, 2.24) is 9.55 Å². The second-order valence-electron chi connectivity index (χ2n) is 3.02. The molecule has 1 aromatic heterocycles. The summed E-state index contributed by atoms with van der Waals surface area (Å²) in [6.07, 6.45) is 1.83.